The first-order valence-corrected chi connectivity index (χ1v) is 7.92. The molecule has 1 saturated heterocycles. The molecule has 110 valence electrons. The molecule has 1 unspecified atom stereocenters. The lowest BCUT2D eigenvalue weighted by Gasteiger charge is -2.28. The molecule has 0 saturated carbocycles. The van der Waals surface area contributed by atoms with Crippen molar-refractivity contribution in [1.82, 2.24) is 0 Å². The number of anilines is 1. The van der Waals surface area contributed by atoms with Gasteiger partial charge in [-0.25, -0.2) is 0 Å². The van der Waals surface area contributed by atoms with E-state index in [2.05, 4.69) is 30.0 Å². The van der Waals surface area contributed by atoms with Crippen LogP contribution in [0.3, 0.4) is 0 Å². The Balaban J connectivity index is 1.67. The van der Waals surface area contributed by atoms with Gasteiger partial charge in [0, 0.05) is 38.0 Å². The first-order valence-electron chi connectivity index (χ1n) is 7.92. The summed E-state index contributed by atoms with van der Waals surface area (Å²) in [5.74, 6) is 0.804. The summed E-state index contributed by atoms with van der Waals surface area (Å²) in [6.45, 7) is 6.33. The summed E-state index contributed by atoms with van der Waals surface area (Å²) >= 11 is 0. The maximum atomic E-state index is 5.90. The molecule has 1 aromatic carbocycles. The summed E-state index contributed by atoms with van der Waals surface area (Å²) in [5, 5.41) is 0. The van der Waals surface area contributed by atoms with Crippen LogP contribution in [0.5, 0.6) is 0 Å². The summed E-state index contributed by atoms with van der Waals surface area (Å²) in [7, 11) is 0. The summed E-state index contributed by atoms with van der Waals surface area (Å²) in [6.07, 6.45) is 4.60. The average Bonchev–Trinajstić information content (AvgIpc) is 2.82. The van der Waals surface area contributed by atoms with Gasteiger partial charge in [0.15, 0.2) is 0 Å². The van der Waals surface area contributed by atoms with Crippen molar-refractivity contribution in [3.63, 3.8) is 0 Å². The molecule has 1 aromatic rings. The van der Waals surface area contributed by atoms with E-state index in [-0.39, 0.29) is 6.04 Å². The fourth-order valence-electron chi connectivity index (χ4n) is 3.45. The smallest absolute Gasteiger partial charge is 0.0469 e. The maximum absolute atomic E-state index is 5.90. The molecule has 1 atom stereocenters. The van der Waals surface area contributed by atoms with E-state index in [1.54, 1.807) is 0 Å². The maximum Gasteiger partial charge on any atom is 0.0469 e. The van der Waals surface area contributed by atoms with Crippen LogP contribution < -0.4 is 10.6 Å². The van der Waals surface area contributed by atoms with Crippen molar-refractivity contribution in [2.75, 3.05) is 31.2 Å². The molecule has 1 fully saturated rings. The Kier molecular flexibility index (Phi) is 4.27. The number of nitrogens with zero attached hydrogens (tertiary/aromatic N) is 1. The molecule has 2 aliphatic rings. The SMILES string of the molecule is CC(N)Cc1ccc2c(c1)CCN2CC1CCOCC1. The van der Waals surface area contributed by atoms with Crippen molar-refractivity contribution < 1.29 is 4.74 Å². The van der Waals surface area contributed by atoms with Gasteiger partial charge in [-0.1, -0.05) is 12.1 Å². The molecule has 3 rings (SSSR count). The predicted octanol–water partition coefficient (Wildman–Crippen LogP) is 2.37. The quantitative estimate of drug-likeness (QED) is 0.916. The number of hydrogen-bond donors (Lipinski definition) is 1. The largest absolute Gasteiger partial charge is 0.381 e. The van der Waals surface area contributed by atoms with Gasteiger partial charge in [0.25, 0.3) is 0 Å². The minimum Gasteiger partial charge on any atom is -0.381 e. The zero-order valence-corrected chi connectivity index (χ0v) is 12.5. The van der Waals surface area contributed by atoms with Crippen LogP contribution in [0.1, 0.15) is 30.9 Å². The third-order valence-corrected chi connectivity index (χ3v) is 4.51. The van der Waals surface area contributed by atoms with Crippen molar-refractivity contribution in [2.45, 2.75) is 38.6 Å². The molecule has 2 heterocycles. The molecule has 0 bridgehead atoms. The summed E-state index contributed by atoms with van der Waals surface area (Å²) in [4.78, 5) is 2.57. The lowest BCUT2D eigenvalue weighted by Crippen LogP contribution is -2.31. The van der Waals surface area contributed by atoms with E-state index in [9.17, 15) is 0 Å². The number of rotatable bonds is 4. The summed E-state index contributed by atoms with van der Waals surface area (Å²) in [5.41, 5.74) is 10.2. The van der Waals surface area contributed by atoms with Crippen LogP contribution in [0.15, 0.2) is 18.2 Å². The van der Waals surface area contributed by atoms with E-state index >= 15 is 0 Å². The standard InChI is InChI=1S/C17H26N2O/c1-13(18)10-15-2-3-17-16(11-15)4-7-19(17)12-14-5-8-20-9-6-14/h2-3,11,13-14H,4-10,12,18H2,1H3. The highest BCUT2D eigenvalue weighted by molar-refractivity contribution is 5.59. The van der Waals surface area contributed by atoms with Crippen LogP contribution in [0.2, 0.25) is 0 Å². The zero-order chi connectivity index (χ0) is 13.9. The lowest BCUT2D eigenvalue weighted by atomic mass is 9.99. The third-order valence-electron chi connectivity index (χ3n) is 4.51. The Morgan fingerprint density at radius 2 is 2.15 bits per heavy atom. The van der Waals surface area contributed by atoms with E-state index in [0.29, 0.717) is 0 Å². The minimum absolute atomic E-state index is 0.243. The monoisotopic (exact) mass is 274 g/mol. The van der Waals surface area contributed by atoms with Gasteiger partial charge >= 0.3 is 0 Å². The summed E-state index contributed by atoms with van der Waals surface area (Å²) < 4.78 is 5.46. The van der Waals surface area contributed by atoms with Gasteiger partial charge in [0.2, 0.25) is 0 Å². The second-order valence-corrected chi connectivity index (χ2v) is 6.40. The highest BCUT2D eigenvalue weighted by Crippen LogP contribution is 2.31. The summed E-state index contributed by atoms with van der Waals surface area (Å²) in [6, 6.07) is 7.17. The van der Waals surface area contributed by atoms with Gasteiger partial charge in [-0.3, -0.25) is 0 Å². The van der Waals surface area contributed by atoms with Crippen LogP contribution in [0, 0.1) is 5.92 Å². The molecule has 0 spiro atoms. The van der Waals surface area contributed by atoms with Crippen molar-refractivity contribution in [2.24, 2.45) is 11.7 Å². The van der Waals surface area contributed by atoms with Crippen LogP contribution in [0.25, 0.3) is 0 Å². The molecule has 3 heteroatoms. The number of nitrogens with two attached hydrogens (primary N) is 1. The Morgan fingerprint density at radius 3 is 2.90 bits per heavy atom. The normalized spacial score (nSPS) is 21.0. The van der Waals surface area contributed by atoms with Crippen LogP contribution in [0.4, 0.5) is 5.69 Å². The van der Waals surface area contributed by atoms with E-state index in [0.717, 1.165) is 25.6 Å². The topological polar surface area (TPSA) is 38.5 Å². The van der Waals surface area contributed by atoms with E-state index in [1.165, 1.54) is 49.2 Å². The number of ether oxygens (including phenoxy) is 1. The van der Waals surface area contributed by atoms with Crippen molar-refractivity contribution >= 4 is 5.69 Å². The van der Waals surface area contributed by atoms with Gasteiger partial charge in [0.1, 0.15) is 0 Å². The van der Waals surface area contributed by atoms with Gasteiger partial charge < -0.3 is 15.4 Å². The van der Waals surface area contributed by atoms with Crippen molar-refractivity contribution in [1.29, 1.82) is 0 Å². The van der Waals surface area contributed by atoms with Crippen molar-refractivity contribution in [3.05, 3.63) is 29.3 Å². The van der Waals surface area contributed by atoms with E-state index in [1.807, 2.05) is 0 Å². The minimum atomic E-state index is 0.243. The first kappa shape index (κ1) is 13.9. The Labute approximate surface area is 122 Å². The molecule has 3 nitrogen and oxygen atoms in total. The zero-order valence-electron chi connectivity index (χ0n) is 12.5. The fourth-order valence-corrected chi connectivity index (χ4v) is 3.45. The number of fused-ring (bicyclic) bond motifs is 1. The average molecular weight is 274 g/mol. The van der Waals surface area contributed by atoms with Gasteiger partial charge in [-0.2, -0.15) is 0 Å². The lowest BCUT2D eigenvalue weighted by molar-refractivity contribution is 0.0683. The predicted molar refractivity (Wildman–Crippen MR) is 83.3 cm³/mol. The molecule has 0 aromatic heterocycles. The highest BCUT2D eigenvalue weighted by Gasteiger charge is 2.23. The molecule has 0 amide bonds. The van der Waals surface area contributed by atoms with Crippen molar-refractivity contribution in [3.8, 4) is 0 Å². The van der Waals surface area contributed by atoms with E-state index < -0.39 is 0 Å². The molecule has 0 aliphatic carbocycles. The Hall–Kier alpha value is -1.06. The molecule has 2 N–H and O–H groups in total. The van der Waals surface area contributed by atoms with E-state index in [4.69, 9.17) is 10.5 Å². The second kappa shape index (κ2) is 6.15. The molecular formula is C17H26N2O. The second-order valence-electron chi connectivity index (χ2n) is 6.40. The van der Waals surface area contributed by atoms with Crippen LogP contribution in [-0.2, 0) is 17.6 Å². The van der Waals surface area contributed by atoms with Gasteiger partial charge in [-0.05, 0) is 55.7 Å². The van der Waals surface area contributed by atoms with Gasteiger partial charge in [-0.15, -0.1) is 0 Å². The molecule has 0 radical (unpaired) electrons. The number of benzene rings is 1. The Morgan fingerprint density at radius 1 is 1.35 bits per heavy atom. The van der Waals surface area contributed by atoms with Crippen LogP contribution >= 0.6 is 0 Å². The fraction of sp³-hybridized carbons (Fsp3) is 0.647. The number of hydrogen-bond acceptors (Lipinski definition) is 3. The Bertz CT molecular complexity index is 452. The van der Waals surface area contributed by atoms with Gasteiger partial charge in [0.05, 0.1) is 0 Å². The van der Waals surface area contributed by atoms with Crippen LogP contribution in [-0.4, -0.2) is 32.3 Å². The molecule has 20 heavy (non-hydrogen) atoms. The molecule has 2 aliphatic heterocycles. The third kappa shape index (κ3) is 3.15. The molecular weight excluding hydrogens is 248 g/mol. The highest BCUT2D eigenvalue weighted by atomic mass is 16.5. The first-order chi connectivity index (χ1) is 9.72.